The van der Waals surface area contributed by atoms with Crippen molar-refractivity contribution in [1.29, 1.82) is 0 Å². The third kappa shape index (κ3) is 2.38. The van der Waals surface area contributed by atoms with E-state index in [1.54, 1.807) is 10.7 Å². The lowest BCUT2D eigenvalue weighted by Gasteiger charge is -2.08. The Labute approximate surface area is 133 Å². The summed E-state index contributed by atoms with van der Waals surface area (Å²) in [6.45, 7) is 0.579. The highest BCUT2D eigenvalue weighted by Crippen LogP contribution is 2.33. The molecule has 108 valence electrons. The maximum atomic E-state index is 6.32. The number of rotatable bonds is 4. The minimum Gasteiger partial charge on any atom is -0.307 e. The van der Waals surface area contributed by atoms with Crippen molar-refractivity contribution >= 4 is 46.0 Å². The average molecular weight is 342 g/mol. The fourth-order valence-corrected chi connectivity index (χ4v) is 3.26. The predicted octanol–water partition coefficient (Wildman–Crippen LogP) is 2.23. The van der Waals surface area contributed by atoms with Gasteiger partial charge in [-0.15, -0.1) is 5.10 Å². The largest absolute Gasteiger partial charge is 0.307 e. The highest BCUT2D eigenvalue weighted by molar-refractivity contribution is 7.00. The van der Waals surface area contributed by atoms with Gasteiger partial charge in [0.1, 0.15) is 16.7 Å². The number of hydrogen-bond acceptors (Lipinski definition) is 7. The molecule has 4 rings (SSSR count). The molecule has 7 nitrogen and oxygen atoms in total. The maximum Gasteiger partial charge on any atom is 0.170 e. The fourth-order valence-electron chi connectivity index (χ4n) is 2.08. The number of nitrogens with one attached hydrogen (secondary N) is 1. The van der Waals surface area contributed by atoms with Crippen LogP contribution >= 0.6 is 34.9 Å². The number of hydrogen-bond donors (Lipinski definition) is 1. The molecule has 1 N–H and O–H groups in total. The van der Waals surface area contributed by atoms with Crippen molar-refractivity contribution in [2.24, 2.45) is 0 Å². The van der Waals surface area contributed by atoms with Gasteiger partial charge < -0.3 is 5.32 Å². The van der Waals surface area contributed by atoms with E-state index in [9.17, 15) is 0 Å². The van der Waals surface area contributed by atoms with Crippen molar-refractivity contribution in [2.75, 3.05) is 0 Å². The van der Waals surface area contributed by atoms with Crippen LogP contribution in [0, 0.1) is 0 Å². The van der Waals surface area contributed by atoms with Crippen molar-refractivity contribution < 1.29 is 0 Å². The number of fused-ring (bicyclic) bond motifs is 1. The van der Waals surface area contributed by atoms with Crippen molar-refractivity contribution in [3.63, 3.8) is 0 Å². The van der Waals surface area contributed by atoms with Crippen LogP contribution in [-0.2, 0) is 6.54 Å². The van der Waals surface area contributed by atoms with Crippen LogP contribution in [0.25, 0.3) is 16.7 Å². The topological polar surface area (TPSA) is 81.4 Å². The molecule has 0 bridgehead atoms. The van der Waals surface area contributed by atoms with Gasteiger partial charge in [-0.05, 0) is 29.3 Å². The summed E-state index contributed by atoms with van der Waals surface area (Å²) in [6.07, 6.45) is 2.40. The lowest BCUT2D eigenvalue weighted by atomic mass is 10.2. The molecule has 0 unspecified atom stereocenters. The van der Waals surface area contributed by atoms with E-state index in [0.717, 1.165) is 11.7 Å². The van der Waals surface area contributed by atoms with Gasteiger partial charge in [-0.2, -0.15) is 13.4 Å². The standard InChI is InChI=1S/C11H9Cl2N7S/c12-6-3-7(13)11(10-9(6)16-21-17-10)20-8(15-18-19-20)4-14-5-1-2-5/h3,5,14H,1-2,4H2. The first-order valence-electron chi connectivity index (χ1n) is 6.35. The molecule has 1 aliphatic rings. The van der Waals surface area contributed by atoms with E-state index in [1.165, 1.54) is 12.8 Å². The van der Waals surface area contributed by atoms with Crippen molar-refractivity contribution in [1.82, 2.24) is 34.3 Å². The summed E-state index contributed by atoms with van der Waals surface area (Å²) in [6, 6.07) is 2.21. The Hall–Kier alpha value is -1.35. The van der Waals surface area contributed by atoms with Gasteiger partial charge in [0.15, 0.2) is 5.82 Å². The first-order chi connectivity index (χ1) is 10.2. The summed E-state index contributed by atoms with van der Waals surface area (Å²) in [5.41, 5.74) is 1.83. The van der Waals surface area contributed by atoms with Crippen LogP contribution in [0.15, 0.2) is 6.07 Å². The summed E-state index contributed by atoms with van der Waals surface area (Å²) in [7, 11) is 0. The van der Waals surface area contributed by atoms with Gasteiger partial charge >= 0.3 is 0 Å². The molecule has 2 heterocycles. The molecular formula is C11H9Cl2N7S. The molecular weight excluding hydrogens is 333 g/mol. The Bertz CT molecular complexity index is 810. The Balaban J connectivity index is 1.82. The van der Waals surface area contributed by atoms with Crippen LogP contribution in [0.4, 0.5) is 0 Å². The minimum atomic E-state index is 0.445. The van der Waals surface area contributed by atoms with Crippen molar-refractivity contribution in [3.05, 3.63) is 21.9 Å². The molecule has 1 fully saturated rings. The summed E-state index contributed by atoms with van der Waals surface area (Å²) in [4.78, 5) is 0. The molecule has 0 amide bonds. The van der Waals surface area contributed by atoms with Crippen LogP contribution in [0.3, 0.4) is 0 Å². The third-order valence-electron chi connectivity index (χ3n) is 3.29. The highest BCUT2D eigenvalue weighted by atomic mass is 35.5. The molecule has 1 aromatic carbocycles. The Kier molecular flexibility index (Phi) is 3.26. The molecule has 10 heteroatoms. The monoisotopic (exact) mass is 341 g/mol. The van der Waals surface area contributed by atoms with Crippen LogP contribution < -0.4 is 5.32 Å². The second kappa shape index (κ2) is 5.13. The van der Waals surface area contributed by atoms with E-state index in [2.05, 4.69) is 29.6 Å². The zero-order chi connectivity index (χ0) is 14.4. The Morgan fingerprint density at radius 1 is 1.24 bits per heavy atom. The fraction of sp³-hybridized carbons (Fsp3) is 0.364. The summed E-state index contributed by atoms with van der Waals surface area (Å²) in [5.74, 6) is 0.681. The van der Waals surface area contributed by atoms with Gasteiger partial charge in [0, 0.05) is 6.04 Å². The van der Waals surface area contributed by atoms with E-state index >= 15 is 0 Å². The first kappa shape index (κ1) is 13.3. The molecule has 0 radical (unpaired) electrons. The van der Waals surface area contributed by atoms with Crippen molar-refractivity contribution in [2.45, 2.75) is 25.4 Å². The number of tetrazole rings is 1. The SMILES string of the molecule is Clc1cc(Cl)c2nsnc2c1-n1nnnc1CNC1CC1. The molecule has 0 aliphatic heterocycles. The van der Waals surface area contributed by atoms with Gasteiger partial charge in [0.05, 0.1) is 28.3 Å². The van der Waals surface area contributed by atoms with E-state index in [4.69, 9.17) is 23.2 Å². The highest BCUT2D eigenvalue weighted by Gasteiger charge is 2.23. The van der Waals surface area contributed by atoms with Crippen LogP contribution in [0.2, 0.25) is 10.0 Å². The predicted molar refractivity (Wildman–Crippen MR) is 80.0 cm³/mol. The van der Waals surface area contributed by atoms with Gasteiger partial charge in [-0.25, -0.2) is 0 Å². The van der Waals surface area contributed by atoms with Crippen LogP contribution in [0.5, 0.6) is 0 Å². The molecule has 0 saturated heterocycles. The van der Waals surface area contributed by atoms with Gasteiger partial charge in [-0.1, -0.05) is 23.2 Å². The quantitative estimate of drug-likeness (QED) is 0.783. The average Bonchev–Trinajstić information content (AvgIpc) is 2.97. The van der Waals surface area contributed by atoms with E-state index < -0.39 is 0 Å². The number of nitrogens with zero attached hydrogens (tertiary/aromatic N) is 6. The van der Waals surface area contributed by atoms with Gasteiger partial charge in [-0.3, -0.25) is 0 Å². The summed E-state index contributed by atoms with van der Waals surface area (Å²) < 4.78 is 10.1. The Morgan fingerprint density at radius 3 is 2.86 bits per heavy atom. The molecule has 1 saturated carbocycles. The summed E-state index contributed by atoms with van der Waals surface area (Å²) in [5, 5.41) is 16.1. The van der Waals surface area contributed by atoms with Crippen molar-refractivity contribution in [3.8, 4) is 5.69 Å². The lowest BCUT2D eigenvalue weighted by molar-refractivity contribution is 0.638. The molecule has 0 atom stereocenters. The lowest BCUT2D eigenvalue weighted by Crippen LogP contribution is -2.19. The van der Waals surface area contributed by atoms with Crippen LogP contribution in [0.1, 0.15) is 18.7 Å². The zero-order valence-corrected chi connectivity index (χ0v) is 13.0. The second-order valence-corrected chi connectivity index (χ2v) is 6.16. The first-order valence-corrected chi connectivity index (χ1v) is 7.84. The molecule has 21 heavy (non-hydrogen) atoms. The number of aromatic nitrogens is 6. The van der Waals surface area contributed by atoms with Gasteiger partial charge in [0.2, 0.25) is 0 Å². The maximum absolute atomic E-state index is 6.32. The summed E-state index contributed by atoms with van der Waals surface area (Å²) >= 11 is 13.5. The minimum absolute atomic E-state index is 0.445. The second-order valence-electron chi connectivity index (χ2n) is 4.81. The molecule has 0 spiro atoms. The molecule has 3 aromatic rings. The zero-order valence-electron chi connectivity index (χ0n) is 10.6. The van der Waals surface area contributed by atoms with Crippen LogP contribution in [-0.4, -0.2) is 35.0 Å². The molecule has 1 aliphatic carbocycles. The Morgan fingerprint density at radius 2 is 2.05 bits per heavy atom. The normalized spacial score (nSPS) is 15.0. The van der Waals surface area contributed by atoms with E-state index in [-0.39, 0.29) is 0 Å². The number of benzene rings is 1. The smallest absolute Gasteiger partial charge is 0.170 e. The van der Waals surface area contributed by atoms with E-state index in [1.807, 2.05) is 0 Å². The third-order valence-corrected chi connectivity index (χ3v) is 4.40. The molecule has 2 aromatic heterocycles. The van der Waals surface area contributed by atoms with E-state index in [0.29, 0.717) is 45.2 Å². The van der Waals surface area contributed by atoms with Gasteiger partial charge in [0.25, 0.3) is 0 Å². The number of halogens is 2.